The Hall–Kier alpha value is -2.20. The summed E-state index contributed by atoms with van der Waals surface area (Å²) < 4.78 is 11.7. The summed E-state index contributed by atoms with van der Waals surface area (Å²) in [5.74, 6) is 1.85. The molecule has 32 heavy (non-hydrogen) atoms. The summed E-state index contributed by atoms with van der Waals surface area (Å²) in [6, 6.07) is 17.9. The van der Waals surface area contributed by atoms with E-state index >= 15 is 0 Å². The van der Waals surface area contributed by atoms with Crippen molar-refractivity contribution >= 4 is 11.4 Å². The molecule has 0 radical (unpaired) electrons. The van der Waals surface area contributed by atoms with Crippen LogP contribution >= 0.6 is 0 Å². The number of hydrogen-bond acceptors (Lipinski definition) is 4. The van der Waals surface area contributed by atoms with E-state index in [1.807, 2.05) is 31.2 Å². The third-order valence-corrected chi connectivity index (χ3v) is 7.01. The molecule has 174 valence electrons. The summed E-state index contributed by atoms with van der Waals surface area (Å²) >= 11 is 0. The molecule has 4 rings (SSSR count). The Kier molecular flexibility index (Phi) is 8.72. The van der Waals surface area contributed by atoms with Gasteiger partial charge in [0.05, 0.1) is 6.61 Å². The van der Waals surface area contributed by atoms with Gasteiger partial charge in [0.1, 0.15) is 18.1 Å². The van der Waals surface area contributed by atoms with E-state index < -0.39 is 0 Å². The lowest BCUT2D eigenvalue weighted by Crippen LogP contribution is -2.47. The summed E-state index contributed by atoms with van der Waals surface area (Å²) in [4.78, 5) is 2.82. The van der Waals surface area contributed by atoms with E-state index in [-0.39, 0.29) is 0 Å². The molecule has 2 aliphatic rings. The number of hydrogen-bond donors (Lipinski definition) is 1. The van der Waals surface area contributed by atoms with Crippen LogP contribution in [-0.4, -0.2) is 36.7 Å². The highest BCUT2D eigenvalue weighted by atomic mass is 16.5. The Balaban J connectivity index is 1.27. The Morgan fingerprint density at radius 2 is 1.16 bits per heavy atom. The second-order valence-corrected chi connectivity index (χ2v) is 9.28. The van der Waals surface area contributed by atoms with Crippen LogP contribution in [0, 0.1) is 0 Å². The van der Waals surface area contributed by atoms with Crippen LogP contribution in [-0.2, 0) is 0 Å². The van der Waals surface area contributed by atoms with Crippen molar-refractivity contribution in [1.29, 1.82) is 0 Å². The molecule has 4 heteroatoms. The normalized spacial score (nSPS) is 17.9. The third-order valence-electron chi connectivity index (χ3n) is 7.01. The smallest absolute Gasteiger partial charge is 0.119 e. The molecular formula is C28H40N2O2. The quantitative estimate of drug-likeness (QED) is 0.428. The Morgan fingerprint density at radius 1 is 0.688 bits per heavy atom. The minimum Gasteiger partial charge on any atom is -0.494 e. The molecule has 2 aromatic carbocycles. The SMILES string of the molecule is CCOc1ccc(Nc2ccc(OCCN(C3CCCCC3)C3CCCCC3)cc2)cc1. The predicted molar refractivity (Wildman–Crippen MR) is 133 cm³/mol. The van der Waals surface area contributed by atoms with E-state index in [2.05, 4.69) is 34.5 Å². The van der Waals surface area contributed by atoms with Crippen molar-refractivity contribution in [2.24, 2.45) is 0 Å². The van der Waals surface area contributed by atoms with Crippen LogP contribution in [0.1, 0.15) is 71.1 Å². The molecule has 2 aromatic rings. The van der Waals surface area contributed by atoms with Gasteiger partial charge in [-0.3, -0.25) is 4.90 Å². The average Bonchev–Trinajstić information content (AvgIpc) is 2.85. The lowest BCUT2D eigenvalue weighted by molar-refractivity contribution is 0.0660. The maximum absolute atomic E-state index is 6.18. The minimum absolute atomic E-state index is 0.688. The Labute approximate surface area is 194 Å². The van der Waals surface area contributed by atoms with Gasteiger partial charge in [-0.15, -0.1) is 0 Å². The van der Waals surface area contributed by atoms with Gasteiger partial charge >= 0.3 is 0 Å². The van der Waals surface area contributed by atoms with Crippen LogP contribution in [0.2, 0.25) is 0 Å². The molecule has 2 aliphatic carbocycles. The largest absolute Gasteiger partial charge is 0.494 e. The number of rotatable bonds is 10. The molecule has 0 aromatic heterocycles. The number of anilines is 2. The topological polar surface area (TPSA) is 33.7 Å². The first kappa shape index (κ1) is 23.0. The van der Waals surface area contributed by atoms with Crippen LogP contribution in [0.5, 0.6) is 11.5 Å². The van der Waals surface area contributed by atoms with Gasteiger partial charge in [0, 0.05) is 30.0 Å². The molecule has 1 N–H and O–H groups in total. The van der Waals surface area contributed by atoms with E-state index in [4.69, 9.17) is 9.47 Å². The van der Waals surface area contributed by atoms with E-state index in [1.165, 1.54) is 64.2 Å². The van der Waals surface area contributed by atoms with Crippen molar-refractivity contribution in [2.75, 3.05) is 25.1 Å². The molecule has 0 spiro atoms. The molecule has 0 heterocycles. The van der Waals surface area contributed by atoms with Gasteiger partial charge < -0.3 is 14.8 Å². The number of nitrogens with one attached hydrogen (secondary N) is 1. The van der Waals surface area contributed by atoms with E-state index in [0.717, 1.165) is 48.1 Å². The molecule has 0 atom stereocenters. The monoisotopic (exact) mass is 436 g/mol. The second-order valence-electron chi connectivity index (χ2n) is 9.28. The number of nitrogens with zero attached hydrogens (tertiary/aromatic N) is 1. The van der Waals surface area contributed by atoms with E-state index in [1.54, 1.807) is 0 Å². The maximum atomic E-state index is 6.18. The van der Waals surface area contributed by atoms with Gasteiger partial charge in [0.2, 0.25) is 0 Å². The molecular weight excluding hydrogens is 396 g/mol. The van der Waals surface area contributed by atoms with Crippen LogP contribution in [0.15, 0.2) is 48.5 Å². The molecule has 0 aliphatic heterocycles. The van der Waals surface area contributed by atoms with Crippen molar-refractivity contribution < 1.29 is 9.47 Å². The highest BCUT2D eigenvalue weighted by Crippen LogP contribution is 2.30. The fourth-order valence-corrected chi connectivity index (χ4v) is 5.36. The molecule has 0 unspecified atom stereocenters. The van der Waals surface area contributed by atoms with Crippen LogP contribution in [0.3, 0.4) is 0 Å². The number of ether oxygens (including phenoxy) is 2. The lowest BCUT2D eigenvalue weighted by atomic mass is 9.88. The zero-order valence-electron chi connectivity index (χ0n) is 19.7. The molecule has 2 fully saturated rings. The highest BCUT2D eigenvalue weighted by molar-refractivity contribution is 5.61. The molecule has 0 amide bonds. The van der Waals surface area contributed by atoms with Crippen molar-refractivity contribution in [1.82, 2.24) is 4.90 Å². The fourth-order valence-electron chi connectivity index (χ4n) is 5.36. The van der Waals surface area contributed by atoms with Crippen molar-refractivity contribution in [3.8, 4) is 11.5 Å². The summed E-state index contributed by atoms with van der Waals surface area (Å²) in [5, 5.41) is 3.44. The molecule has 0 saturated heterocycles. The van der Waals surface area contributed by atoms with E-state index in [9.17, 15) is 0 Å². The Bertz CT molecular complexity index is 760. The van der Waals surface area contributed by atoms with Gasteiger partial charge in [-0.1, -0.05) is 38.5 Å². The second kappa shape index (κ2) is 12.2. The van der Waals surface area contributed by atoms with Crippen molar-refractivity contribution in [2.45, 2.75) is 83.2 Å². The highest BCUT2D eigenvalue weighted by Gasteiger charge is 2.28. The van der Waals surface area contributed by atoms with Crippen LogP contribution in [0.25, 0.3) is 0 Å². The first-order chi connectivity index (χ1) is 15.8. The maximum Gasteiger partial charge on any atom is 0.119 e. The lowest BCUT2D eigenvalue weighted by Gasteiger charge is -2.41. The summed E-state index contributed by atoms with van der Waals surface area (Å²) in [6.45, 7) is 4.52. The van der Waals surface area contributed by atoms with Crippen LogP contribution < -0.4 is 14.8 Å². The molecule has 0 bridgehead atoms. The van der Waals surface area contributed by atoms with Gasteiger partial charge in [-0.2, -0.15) is 0 Å². The van der Waals surface area contributed by atoms with E-state index in [0.29, 0.717) is 6.61 Å². The third kappa shape index (κ3) is 6.65. The summed E-state index contributed by atoms with van der Waals surface area (Å²) in [7, 11) is 0. The summed E-state index contributed by atoms with van der Waals surface area (Å²) in [5.41, 5.74) is 2.12. The minimum atomic E-state index is 0.688. The molecule has 2 saturated carbocycles. The fraction of sp³-hybridized carbons (Fsp3) is 0.571. The van der Waals surface area contributed by atoms with Crippen molar-refractivity contribution in [3.63, 3.8) is 0 Å². The predicted octanol–water partition coefficient (Wildman–Crippen LogP) is 7.18. The average molecular weight is 437 g/mol. The number of benzene rings is 2. The van der Waals surface area contributed by atoms with Crippen LogP contribution in [0.4, 0.5) is 11.4 Å². The van der Waals surface area contributed by atoms with Gasteiger partial charge in [0.25, 0.3) is 0 Å². The zero-order chi connectivity index (χ0) is 22.0. The van der Waals surface area contributed by atoms with Gasteiger partial charge in [0.15, 0.2) is 0 Å². The van der Waals surface area contributed by atoms with Gasteiger partial charge in [-0.25, -0.2) is 0 Å². The Morgan fingerprint density at radius 3 is 1.62 bits per heavy atom. The standard InChI is InChI=1S/C28H40N2O2/c1-2-31-27-17-13-23(14-18-27)29-24-15-19-28(20-16-24)32-22-21-30(25-9-5-3-6-10-25)26-11-7-4-8-12-26/h13-20,25-26,29H,2-12,21-22H2,1H3. The zero-order valence-corrected chi connectivity index (χ0v) is 19.7. The summed E-state index contributed by atoms with van der Waals surface area (Å²) in [6.07, 6.45) is 13.9. The van der Waals surface area contributed by atoms with Gasteiger partial charge in [-0.05, 0) is 81.1 Å². The van der Waals surface area contributed by atoms with Crippen molar-refractivity contribution in [3.05, 3.63) is 48.5 Å². The first-order valence-electron chi connectivity index (χ1n) is 12.8. The first-order valence-corrected chi connectivity index (χ1v) is 12.8. The molecule has 4 nitrogen and oxygen atoms in total.